The first-order chi connectivity index (χ1) is 8.08. The van der Waals surface area contributed by atoms with Crippen LogP contribution in [0.15, 0.2) is 16.6 Å². The van der Waals surface area contributed by atoms with Crippen molar-refractivity contribution in [2.45, 2.75) is 19.4 Å². The Kier molecular flexibility index (Phi) is 3.69. The van der Waals surface area contributed by atoms with Gasteiger partial charge in [-0.2, -0.15) is 0 Å². The molecular formula is C12H14BrNO3. The minimum atomic E-state index is -0.0630. The van der Waals surface area contributed by atoms with Crippen LogP contribution in [0.5, 0.6) is 5.75 Å². The Bertz CT molecular complexity index is 442. The maximum Gasteiger partial charge on any atom is 0.163 e. The highest BCUT2D eigenvalue weighted by Gasteiger charge is 2.21. The molecule has 4 nitrogen and oxygen atoms in total. The van der Waals surface area contributed by atoms with Gasteiger partial charge in [0.2, 0.25) is 0 Å². The first-order valence-corrected chi connectivity index (χ1v) is 6.21. The third-order valence-electron chi connectivity index (χ3n) is 2.63. The Morgan fingerprint density at radius 3 is 2.94 bits per heavy atom. The van der Waals surface area contributed by atoms with Gasteiger partial charge in [0, 0.05) is 10.9 Å². The normalized spacial score (nSPS) is 19.3. The summed E-state index contributed by atoms with van der Waals surface area (Å²) in [5.41, 5.74) is 6.86. The van der Waals surface area contributed by atoms with Crippen molar-refractivity contribution in [3.63, 3.8) is 0 Å². The lowest BCUT2D eigenvalue weighted by molar-refractivity contribution is 0.100. The van der Waals surface area contributed by atoms with Gasteiger partial charge >= 0.3 is 0 Å². The number of carbonyl (C=O) groups excluding carboxylic acids is 1. The van der Waals surface area contributed by atoms with E-state index in [1.807, 2.05) is 0 Å². The van der Waals surface area contributed by atoms with Gasteiger partial charge in [-0.15, -0.1) is 0 Å². The van der Waals surface area contributed by atoms with Crippen molar-refractivity contribution in [1.82, 2.24) is 0 Å². The minimum Gasteiger partial charge on any atom is -0.485 e. The first kappa shape index (κ1) is 12.4. The van der Waals surface area contributed by atoms with E-state index in [2.05, 4.69) is 15.9 Å². The number of halogens is 1. The van der Waals surface area contributed by atoms with E-state index < -0.39 is 0 Å². The molecule has 2 N–H and O–H groups in total. The van der Waals surface area contributed by atoms with Crippen LogP contribution >= 0.6 is 15.9 Å². The Hall–Kier alpha value is -1.07. The number of ketones is 1. The second-order valence-electron chi connectivity index (χ2n) is 4.03. The summed E-state index contributed by atoms with van der Waals surface area (Å²) < 4.78 is 11.8. The van der Waals surface area contributed by atoms with Crippen LogP contribution in [0, 0.1) is 0 Å². The molecule has 1 aromatic rings. The fourth-order valence-corrected chi connectivity index (χ4v) is 2.26. The molecule has 1 aromatic carbocycles. The van der Waals surface area contributed by atoms with Crippen molar-refractivity contribution in [3.8, 4) is 5.75 Å². The average molecular weight is 300 g/mol. The van der Waals surface area contributed by atoms with Crippen molar-refractivity contribution in [2.24, 2.45) is 0 Å². The Morgan fingerprint density at radius 2 is 2.35 bits per heavy atom. The summed E-state index contributed by atoms with van der Waals surface area (Å²) in [5, 5.41) is 0. The van der Waals surface area contributed by atoms with Gasteiger partial charge in [-0.3, -0.25) is 4.79 Å². The van der Waals surface area contributed by atoms with E-state index in [-0.39, 0.29) is 11.9 Å². The highest BCUT2D eigenvalue weighted by atomic mass is 79.9. The van der Waals surface area contributed by atoms with Gasteiger partial charge in [0.15, 0.2) is 11.5 Å². The molecule has 17 heavy (non-hydrogen) atoms. The number of Topliss-reactive ketones (excluding diaryl/α,β-unsaturated/α-hetero) is 1. The number of carbonyl (C=O) groups is 1. The Balaban J connectivity index is 2.33. The SMILES string of the molecule is CC(=O)c1cc(Br)cc(N)c1OC1CCOC1. The van der Waals surface area contributed by atoms with Gasteiger partial charge in [-0.1, -0.05) is 15.9 Å². The summed E-state index contributed by atoms with van der Waals surface area (Å²) in [4.78, 5) is 11.6. The average Bonchev–Trinajstić information content (AvgIpc) is 2.74. The Labute approximate surface area is 108 Å². The fourth-order valence-electron chi connectivity index (χ4n) is 1.78. The van der Waals surface area contributed by atoms with E-state index in [4.69, 9.17) is 15.2 Å². The molecule has 2 rings (SSSR count). The lowest BCUT2D eigenvalue weighted by Crippen LogP contribution is -2.18. The van der Waals surface area contributed by atoms with Crippen molar-refractivity contribution in [1.29, 1.82) is 0 Å². The first-order valence-electron chi connectivity index (χ1n) is 5.42. The molecule has 0 saturated carbocycles. The molecule has 1 atom stereocenters. The van der Waals surface area contributed by atoms with Gasteiger partial charge in [0.1, 0.15) is 6.10 Å². The van der Waals surface area contributed by atoms with Crippen LogP contribution in [-0.2, 0) is 4.74 Å². The third kappa shape index (κ3) is 2.79. The monoisotopic (exact) mass is 299 g/mol. The quantitative estimate of drug-likeness (QED) is 0.688. The van der Waals surface area contributed by atoms with Crippen molar-refractivity contribution in [2.75, 3.05) is 18.9 Å². The lowest BCUT2D eigenvalue weighted by Gasteiger charge is -2.16. The summed E-state index contributed by atoms with van der Waals surface area (Å²) in [6.45, 7) is 2.74. The molecule has 0 aromatic heterocycles. The number of hydrogen-bond acceptors (Lipinski definition) is 4. The van der Waals surface area contributed by atoms with E-state index in [0.29, 0.717) is 30.2 Å². The molecular weight excluding hydrogens is 286 g/mol. The number of benzene rings is 1. The van der Waals surface area contributed by atoms with E-state index in [1.54, 1.807) is 12.1 Å². The van der Waals surface area contributed by atoms with E-state index in [9.17, 15) is 4.79 Å². The highest BCUT2D eigenvalue weighted by Crippen LogP contribution is 2.32. The molecule has 0 bridgehead atoms. The molecule has 1 aliphatic rings. The van der Waals surface area contributed by atoms with Gasteiger partial charge in [-0.25, -0.2) is 0 Å². The number of rotatable bonds is 3. The molecule has 0 radical (unpaired) electrons. The number of nitrogens with two attached hydrogens (primary N) is 1. The van der Waals surface area contributed by atoms with Crippen LogP contribution in [0.3, 0.4) is 0 Å². The van der Waals surface area contributed by atoms with Crippen molar-refractivity contribution in [3.05, 3.63) is 22.2 Å². The van der Waals surface area contributed by atoms with Crippen LogP contribution < -0.4 is 10.5 Å². The van der Waals surface area contributed by atoms with Crippen LogP contribution in [0.4, 0.5) is 5.69 Å². The topological polar surface area (TPSA) is 61.6 Å². The van der Waals surface area contributed by atoms with Crippen molar-refractivity contribution >= 4 is 27.4 Å². The number of anilines is 1. The van der Waals surface area contributed by atoms with Gasteiger partial charge < -0.3 is 15.2 Å². The molecule has 1 saturated heterocycles. The van der Waals surface area contributed by atoms with Crippen LogP contribution in [0.1, 0.15) is 23.7 Å². The summed E-state index contributed by atoms with van der Waals surface area (Å²) in [7, 11) is 0. The van der Waals surface area contributed by atoms with Crippen LogP contribution in [0.2, 0.25) is 0 Å². The maximum absolute atomic E-state index is 11.6. The molecule has 0 amide bonds. The molecule has 1 fully saturated rings. The number of ether oxygens (including phenoxy) is 2. The summed E-state index contributed by atoms with van der Waals surface area (Å²) >= 11 is 3.32. The van der Waals surface area contributed by atoms with Crippen LogP contribution in [0.25, 0.3) is 0 Å². The smallest absolute Gasteiger partial charge is 0.163 e. The number of hydrogen-bond donors (Lipinski definition) is 1. The predicted molar refractivity (Wildman–Crippen MR) is 68.4 cm³/mol. The largest absolute Gasteiger partial charge is 0.485 e. The number of nitrogen functional groups attached to an aromatic ring is 1. The molecule has 92 valence electrons. The van der Waals surface area contributed by atoms with Crippen molar-refractivity contribution < 1.29 is 14.3 Å². The fraction of sp³-hybridized carbons (Fsp3) is 0.417. The molecule has 0 spiro atoms. The zero-order chi connectivity index (χ0) is 12.4. The lowest BCUT2D eigenvalue weighted by atomic mass is 10.1. The highest BCUT2D eigenvalue weighted by molar-refractivity contribution is 9.10. The van der Waals surface area contributed by atoms with E-state index in [0.717, 1.165) is 10.9 Å². The molecule has 1 heterocycles. The second-order valence-corrected chi connectivity index (χ2v) is 4.95. The second kappa shape index (κ2) is 5.06. The van der Waals surface area contributed by atoms with Crippen LogP contribution in [-0.4, -0.2) is 25.1 Å². The minimum absolute atomic E-state index is 0.0171. The van der Waals surface area contributed by atoms with Gasteiger partial charge in [-0.05, 0) is 19.1 Å². The molecule has 1 aliphatic heterocycles. The standard InChI is InChI=1S/C12H14BrNO3/c1-7(15)10-4-8(13)5-11(14)12(10)17-9-2-3-16-6-9/h4-5,9H,2-3,6,14H2,1H3. The maximum atomic E-state index is 11.6. The zero-order valence-corrected chi connectivity index (χ0v) is 11.1. The van der Waals surface area contributed by atoms with Gasteiger partial charge in [0.05, 0.1) is 24.5 Å². The van der Waals surface area contributed by atoms with E-state index >= 15 is 0 Å². The molecule has 5 heteroatoms. The predicted octanol–water partition coefficient (Wildman–Crippen LogP) is 2.40. The van der Waals surface area contributed by atoms with Gasteiger partial charge in [0.25, 0.3) is 0 Å². The summed E-state index contributed by atoms with van der Waals surface area (Å²) in [6.07, 6.45) is 0.809. The summed E-state index contributed by atoms with van der Waals surface area (Å²) in [6, 6.07) is 3.46. The Morgan fingerprint density at radius 1 is 1.59 bits per heavy atom. The third-order valence-corrected chi connectivity index (χ3v) is 3.09. The molecule has 1 unspecified atom stereocenters. The zero-order valence-electron chi connectivity index (χ0n) is 9.53. The summed E-state index contributed by atoms with van der Waals surface area (Å²) in [5.74, 6) is 0.406. The molecule has 0 aliphatic carbocycles. The van der Waals surface area contributed by atoms with E-state index in [1.165, 1.54) is 6.92 Å².